The Balaban J connectivity index is 1.62. The van der Waals surface area contributed by atoms with Crippen LogP contribution < -0.4 is 4.74 Å². The zero-order chi connectivity index (χ0) is 19.5. The third-order valence-corrected chi connectivity index (χ3v) is 5.04. The van der Waals surface area contributed by atoms with Crippen molar-refractivity contribution in [2.24, 2.45) is 0 Å². The number of phenols is 1. The molecule has 0 bridgehead atoms. The maximum atomic E-state index is 12.7. The smallest absolute Gasteiger partial charge is 0.189 e. The van der Waals surface area contributed by atoms with E-state index in [1.165, 1.54) is 12.1 Å². The molecule has 4 rings (SSSR count). The van der Waals surface area contributed by atoms with Crippen molar-refractivity contribution < 1.29 is 23.8 Å². The molecule has 1 aromatic heterocycles. The van der Waals surface area contributed by atoms with Gasteiger partial charge in [-0.25, -0.2) is 0 Å². The Bertz CT molecular complexity index is 1020. The van der Waals surface area contributed by atoms with Gasteiger partial charge in [0.25, 0.3) is 0 Å². The molecule has 0 aliphatic carbocycles. The second-order valence-corrected chi connectivity index (χ2v) is 6.88. The summed E-state index contributed by atoms with van der Waals surface area (Å²) in [7, 11) is 1.55. The van der Waals surface area contributed by atoms with Crippen LogP contribution >= 0.6 is 0 Å². The second-order valence-electron chi connectivity index (χ2n) is 6.88. The van der Waals surface area contributed by atoms with Crippen LogP contribution in [0.3, 0.4) is 0 Å². The number of rotatable bonds is 5. The molecule has 3 aromatic rings. The molecule has 0 amide bonds. The highest BCUT2D eigenvalue weighted by molar-refractivity contribution is 6.09. The summed E-state index contributed by atoms with van der Waals surface area (Å²) < 4.78 is 16.6. The van der Waals surface area contributed by atoms with Gasteiger partial charge in [-0.15, -0.1) is 0 Å². The average molecular weight is 378 g/mol. The van der Waals surface area contributed by atoms with Crippen molar-refractivity contribution in [3.05, 3.63) is 65.4 Å². The quantitative estimate of drug-likeness (QED) is 0.483. The van der Waals surface area contributed by atoms with Gasteiger partial charge in [-0.05, 0) is 55.2 Å². The molecule has 0 radical (unpaired) electrons. The van der Waals surface area contributed by atoms with Crippen molar-refractivity contribution in [1.29, 1.82) is 0 Å². The first-order valence-electron chi connectivity index (χ1n) is 9.38. The molecule has 2 aromatic carbocycles. The fourth-order valence-corrected chi connectivity index (χ4v) is 3.55. The molecular formula is C23H22O5. The lowest BCUT2D eigenvalue weighted by Crippen LogP contribution is -2.13. The Morgan fingerprint density at radius 3 is 2.89 bits per heavy atom. The van der Waals surface area contributed by atoms with Crippen molar-refractivity contribution in [3.63, 3.8) is 0 Å². The zero-order valence-corrected chi connectivity index (χ0v) is 15.7. The molecule has 0 saturated carbocycles. The van der Waals surface area contributed by atoms with E-state index in [0.29, 0.717) is 12.4 Å². The number of carbonyl (C=O) groups excluding carboxylic acids is 1. The van der Waals surface area contributed by atoms with Gasteiger partial charge in [0.05, 0.1) is 25.0 Å². The minimum Gasteiger partial charge on any atom is -0.507 e. The highest BCUT2D eigenvalue weighted by atomic mass is 16.5. The summed E-state index contributed by atoms with van der Waals surface area (Å²) in [5, 5.41) is 11.3. The molecule has 5 nitrogen and oxygen atoms in total. The van der Waals surface area contributed by atoms with E-state index in [9.17, 15) is 9.90 Å². The third-order valence-electron chi connectivity index (χ3n) is 5.04. The van der Waals surface area contributed by atoms with Gasteiger partial charge in [0, 0.05) is 23.6 Å². The summed E-state index contributed by atoms with van der Waals surface area (Å²) in [5.74, 6) is 0.163. The number of aromatic hydroxyl groups is 1. The first kappa shape index (κ1) is 18.3. The topological polar surface area (TPSA) is 68.9 Å². The Morgan fingerprint density at radius 2 is 2.11 bits per heavy atom. The van der Waals surface area contributed by atoms with E-state index in [1.54, 1.807) is 25.5 Å². The van der Waals surface area contributed by atoms with E-state index in [1.807, 2.05) is 24.3 Å². The van der Waals surface area contributed by atoms with Crippen LogP contribution in [-0.2, 0) is 4.74 Å². The summed E-state index contributed by atoms with van der Waals surface area (Å²) in [6.45, 7) is 0.689. The second kappa shape index (κ2) is 7.90. The lowest BCUT2D eigenvalue weighted by Gasteiger charge is -2.25. The van der Waals surface area contributed by atoms with E-state index < -0.39 is 0 Å². The molecule has 1 N–H and O–H groups in total. The zero-order valence-electron chi connectivity index (χ0n) is 15.7. The van der Waals surface area contributed by atoms with Crippen LogP contribution in [0.1, 0.15) is 46.9 Å². The first-order chi connectivity index (χ1) is 13.7. The number of allylic oxidation sites excluding steroid dienone is 1. The van der Waals surface area contributed by atoms with Gasteiger partial charge in [0.15, 0.2) is 5.78 Å². The number of ether oxygens (including phenoxy) is 2. The Kier molecular flexibility index (Phi) is 5.17. The third kappa shape index (κ3) is 3.66. The molecule has 1 aliphatic rings. The van der Waals surface area contributed by atoms with Gasteiger partial charge < -0.3 is 19.0 Å². The number of carbonyl (C=O) groups is 1. The Hall–Kier alpha value is -3.05. The number of ketones is 1. The lowest BCUT2D eigenvalue weighted by atomic mass is 9.96. The van der Waals surface area contributed by atoms with E-state index >= 15 is 0 Å². The van der Waals surface area contributed by atoms with Crippen LogP contribution in [0.2, 0.25) is 0 Å². The highest BCUT2D eigenvalue weighted by Crippen LogP contribution is 2.38. The molecule has 1 saturated heterocycles. The molecular weight excluding hydrogens is 356 g/mol. The van der Waals surface area contributed by atoms with Crippen LogP contribution in [0.15, 0.2) is 53.2 Å². The standard InChI is InChI=1S/C23H22O5/c1-26-23-14-20(25)17(13-18(23)22-4-2-3-10-27-22)19(24)7-5-15-6-8-21-16(12-15)9-11-28-21/h5-9,11-14,22,25H,2-4,10H2,1H3/b7-5+. The number of fused-ring (bicyclic) bond motifs is 1. The predicted octanol–water partition coefficient (Wildman–Crippen LogP) is 5.28. The van der Waals surface area contributed by atoms with Crippen LogP contribution in [0.4, 0.5) is 0 Å². The molecule has 1 unspecified atom stereocenters. The summed E-state index contributed by atoms with van der Waals surface area (Å²) in [5.41, 5.74) is 2.72. The molecule has 5 heteroatoms. The SMILES string of the molecule is COc1cc(O)c(C(=O)/C=C/c2ccc3occc3c2)cc1C1CCCCO1. The summed E-state index contributed by atoms with van der Waals surface area (Å²) in [6, 6.07) is 10.7. The van der Waals surface area contributed by atoms with Crippen molar-refractivity contribution in [2.45, 2.75) is 25.4 Å². The van der Waals surface area contributed by atoms with Gasteiger partial charge in [-0.3, -0.25) is 4.79 Å². The summed E-state index contributed by atoms with van der Waals surface area (Å²) in [4.78, 5) is 12.7. The molecule has 2 heterocycles. The minimum absolute atomic E-state index is 0.101. The van der Waals surface area contributed by atoms with Crippen LogP contribution in [0, 0.1) is 0 Å². The van der Waals surface area contributed by atoms with Crippen molar-refractivity contribution in [3.8, 4) is 11.5 Å². The first-order valence-corrected chi connectivity index (χ1v) is 9.38. The summed E-state index contributed by atoms with van der Waals surface area (Å²) >= 11 is 0. The molecule has 144 valence electrons. The maximum Gasteiger partial charge on any atom is 0.189 e. The fourth-order valence-electron chi connectivity index (χ4n) is 3.55. The Labute approximate surface area is 163 Å². The molecule has 1 fully saturated rings. The predicted molar refractivity (Wildman–Crippen MR) is 107 cm³/mol. The van der Waals surface area contributed by atoms with E-state index in [0.717, 1.165) is 41.4 Å². The molecule has 0 spiro atoms. The van der Waals surface area contributed by atoms with Crippen molar-refractivity contribution in [1.82, 2.24) is 0 Å². The number of methoxy groups -OCH3 is 1. The van der Waals surface area contributed by atoms with Gasteiger partial charge in [0.2, 0.25) is 0 Å². The largest absolute Gasteiger partial charge is 0.507 e. The number of furan rings is 1. The van der Waals surface area contributed by atoms with E-state index in [-0.39, 0.29) is 23.2 Å². The fraction of sp³-hybridized carbons (Fsp3) is 0.261. The number of benzene rings is 2. The highest BCUT2D eigenvalue weighted by Gasteiger charge is 2.23. The van der Waals surface area contributed by atoms with E-state index in [2.05, 4.69) is 0 Å². The Morgan fingerprint density at radius 1 is 1.21 bits per heavy atom. The molecule has 28 heavy (non-hydrogen) atoms. The van der Waals surface area contributed by atoms with Crippen LogP contribution in [0.25, 0.3) is 17.0 Å². The maximum absolute atomic E-state index is 12.7. The number of phenolic OH excluding ortho intramolecular Hbond substituents is 1. The van der Waals surface area contributed by atoms with Crippen LogP contribution in [-0.4, -0.2) is 24.6 Å². The summed E-state index contributed by atoms with van der Waals surface area (Å²) in [6.07, 6.45) is 7.68. The molecule has 1 aliphatic heterocycles. The normalized spacial score (nSPS) is 17.2. The average Bonchev–Trinajstić information content (AvgIpc) is 3.20. The van der Waals surface area contributed by atoms with Gasteiger partial charge in [-0.1, -0.05) is 12.1 Å². The van der Waals surface area contributed by atoms with E-state index in [4.69, 9.17) is 13.9 Å². The van der Waals surface area contributed by atoms with Crippen molar-refractivity contribution in [2.75, 3.05) is 13.7 Å². The lowest BCUT2D eigenvalue weighted by molar-refractivity contribution is 0.0135. The van der Waals surface area contributed by atoms with Gasteiger partial charge in [-0.2, -0.15) is 0 Å². The number of hydrogen-bond acceptors (Lipinski definition) is 5. The van der Waals surface area contributed by atoms with Crippen molar-refractivity contribution >= 4 is 22.8 Å². The minimum atomic E-state index is -0.274. The van der Waals surface area contributed by atoms with Gasteiger partial charge >= 0.3 is 0 Å². The van der Waals surface area contributed by atoms with Crippen LogP contribution in [0.5, 0.6) is 11.5 Å². The number of hydrogen-bond donors (Lipinski definition) is 1. The molecule has 1 atom stereocenters. The monoisotopic (exact) mass is 378 g/mol. The van der Waals surface area contributed by atoms with Gasteiger partial charge in [0.1, 0.15) is 17.1 Å².